The molecule has 0 aliphatic heterocycles. The smallest absolute Gasteiger partial charge is 0.110 e. The highest BCUT2D eigenvalue weighted by Crippen LogP contribution is 2.32. The number of hydrogen-bond acceptors (Lipinski definition) is 3. The quantitative estimate of drug-likeness (QED) is 0.608. The van der Waals surface area contributed by atoms with Crippen LogP contribution in [0.15, 0.2) is 66.0 Å². The van der Waals surface area contributed by atoms with Crippen molar-refractivity contribution in [3.63, 3.8) is 0 Å². The predicted octanol–water partition coefficient (Wildman–Crippen LogP) is 4.31. The summed E-state index contributed by atoms with van der Waals surface area (Å²) in [5, 5.41) is 17.3. The minimum atomic E-state index is 0.0686. The van der Waals surface area contributed by atoms with Gasteiger partial charge < -0.3 is 5.11 Å². The van der Waals surface area contributed by atoms with Crippen molar-refractivity contribution in [3.05, 3.63) is 77.2 Å². The topological polar surface area (TPSA) is 38.1 Å². The van der Waals surface area contributed by atoms with Gasteiger partial charge in [0.2, 0.25) is 0 Å². The Bertz CT molecular complexity index is 940. The molecule has 0 fully saturated rings. The van der Waals surface area contributed by atoms with Gasteiger partial charge in [0.15, 0.2) is 0 Å². The maximum absolute atomic E-state index is 9.29. The van der Waals surface area contributed by atoms with Crippen LogP contribution in [-0.2, 0) is 13.2 Å². The third kappa shape index (κ3) is 2.67. The Morgan fingerprint density at radius 3 is 2.52 bits per heavy atom. The van der Waals surface area contributed by atoms with E-state index < -0.39 is 0 Å². The lowest BCUT2D eigenvalue weighted by molar-refractivity contribution is 0.282. The highest BCUT2D eigenvalue weighted by Gasteiger charge is 2.13. The number of benzene rings is 2. The second kappa shape index (κ2) is 5.99. The van der Waals surface area contributed by atoms with E-state index in [1.54, 1.807) is 11.3 Å². The van der Waals surface area contributed by atoms with Gasteiger partial charge in [-0.1, -0.05) is 48.5 Å². The van der Waals surface area contributed by atoms with Crippen molar-refractivity contribution in [3.8, 4) is 10.6 Å². The minimum absolute atomic E-state index is 0.0686. The molecule has 0 aliphatic rings. The Labute approximate surface area is 138 Å². The van der Waals surface area contributed by atoms with Gasteiger partial charge in [0.25, 0.3) is 0 Å². The number of hydrogen-bond donors (Lipinski definition) is 1. The van der Waals surface area contributed by atoms with Crippen molar-refractivity contribution < 1.29 is 5.11 Å². The van der Waals surface area contributed by atoms with Crippen LogP contribution in [0.1, 0.15) is 11.1 Å². The molecule has 0 amide bonds. The zero-order valence-corrected chi connectivity index (χ0v) is 13.3. The molecule has 0 aliphatic carbocycles. The second-order valence-electron chi connectivity index (χ2n) is 5.49. The van der Waals surface area contributed by atoms with E-state index >= 15 is 0 Å². The number of thiophene rings is 1. The highest BCUT2D eigenvalue weighted by molar-refractivity contribution is 7.13. The summed E-state index contributed by atoms with van der Waals surface area (Å²) >= 11 is 1.63. The first-order valence-electron chi connectivity index (χ1n) is 7.53. The Morgan fingerprint density at radius 1 is 0.957 bits per heavy atom. The fourth-order valence-corrected chi connectivity index (χ4v) is 3.67. The Hall–Kier alpha value is -2.43. The minimum Gasteiger partial charge on any atom is -0.392 e. The Balaban J connectivity index is 1.83. The summed E-state index contributed by atoms with van der Waals surface area (Å²) in [6.45, 7) is 0.818. The van der Waals surface area contributed by atoms with E-state index in [1.807, 2.05) is 29.6 Å². The van der Waals surface area contributed by atoms with Gasteiger partial charge in [-0.05, 0) is 28.6 Å². The van der Waals surface area contributed by atoms with Crippen molar-refractivity contribution >= 4 is 22.2 Å². The molecule has 2 aromatic heterocycles. The number of aliphatic hydroxyl groups is 1. The van der Waals surface area contributed by atoms with Crippen LogP contribution in [0.25, 0.3) is 21.5 Å². The maximum atomic E-state index is 9.29. The largest absolute Gasteiger partial charge is 0.392 e. The molecular formula is C19H16N2OS. The molecule has 0 bridgehead atoms. The Kier molecular flexibility index (Phi) is 3.69. The number of nitrogens with zero attached hydrogens (tertiary/aromatic N) is 2. The number of fused-ring (bicyclic) bond motifs is 1. The lowest BCUT2D eigenvalue weighted by Gasteiger charge is -2.03. The molecule has 2 aromatic carbocycles. The fraction of sp³-hybridized carbons (Fsp3) is 0.105. The number of para-hydroxylation sites is 1. The molecule has 4 heteroatoms. The van der Waals surface area contributed by atoms with Gasteiger partial charge in [-0.3, -0.25) is 4.68 Å². The van der Waals surface area contributed by atoms with Gasteiger partial charge in [-0.2, -0.15) is 5.10 Å². The van der Waals surface area contributed by atoms with E-state index in [4.69, 9.17) is 5.10 Å². The SMILES string of the molecule is OCc1csc(-c2nn(Cc3ccccc3)c3ccccc23)c1. The van der Waals surface area contributed by atoms with E-state index in [1.165, 1.54) is 5.56 Å². The molecular weight excluding hydrogens is 304 g/mol. The molecule has 0 spiro atoms. The number of aliphatic hydroxyl groups excluding tert-OH is 1. The Morgan fingerprint density at radius 2 is 1.74 bits per heavy atom. The molecule has 0 atom stereocenters. The molecule has 2 heterocycles. The molecule has 1 N–H and O–H groups in total. The van der Waals surface area contributed by atoms with E-state index in [2.05, 4.69) is 41.1 Å². The normalized spacial score (nSPS) is 11.2. The van der Waals surface area contributed by atoms with Gasteiger partial charge >= 0.3 is 0 Å². The molecule has 3 nitrogen and oxygen atoms in total. The summed E-state index contributed by atoms with van der Waals surface area (Å²) in [5.74, 6) is 0. The molecule has 114 valence electrons. The summed E-state index contributed by atoms with van der Waals surface area (Å²) in [6.07, 6.45) is 0. The molecule has 4 rings (SSSR count). The highest BCUT2D eigenvalue weighted by atomic mass is 32.1. The van der Waals surface area contributed by atoms with Gasteiger partial charge in [-0.25, -0.2) is 0 Å². The summed E-state index contributed by atoms with van der Waals surface area (Å²) in [5.41, 5.74) is 4.28. The zero-order chi connectivity index (χ0) is 15.6. The van der Waals surface area contributed by atoms with E-state index in [9.17, 15) is 5.11 Å². The van der Waals surface area contributed by atoms with Crippen LogP contribution in [-0.4, -0.2) is 14.9 Å². The van der Waals surface area contributed by atoms with Crippen molar-refractivity contribution in [1.29, 1.82) is 0 Å². The number of rotatable bonds is 4. The predicted molar refractivity (Wildman–Crippen MR) is 94.5 cm³/mol. The van der Waals surface area contributed by atoms with Crippen molar-refractivity contribution in [2.45, 2.75) is 13.2 Å². The van der Waals surface area contributed by atoms with Gasteiger partial charge in [-0.15, -0.1) is 11.3 Å². The molecule has 0 radical (unpaired) electrons. The van der Waals surface area contributed by atoms with Crippen molar-refractivity contribution in [1.82, 2.24) is 9.78 Å². The summed E-state index contributed by atoms with van der Waals surface area (Å²) < 4.78 is 2.05. The lowest BCUT2D eigenvalue weighted by Crippen LogP contribution is -2.01. The average molecular weight is 320 g/mol. The first-order valence-corrected chi connectivity index (χ1v) is 8.41. The van der Waals surface area contributed by atoms with E-state index in [0.717, 1.165) is 33.6 Å². The maximum Gasteiger partial charge on any atom is 0.110 e. The van der Waals surface area contributed by atoms with E-state index in [0.29, 0.717) is 0 Å². The molecule has 4 aromatic rings. The lowest BCUT2D eigenvalue weighted by atomic mass is 10.1. The zero-order valence-electron chi connectivity index (χ0n) is 12.5. The molecule has 23 heavy (non-hydrogen) atoms. The van der Waals surface area contributed by atoms with E-state index in [-0.39, 0.29) is 6.61 Å². The van der Waals surface area contributed by atoms with Crippen LogP contribution in [0.2, 0.25) is 0 Å². The summed E-state index contributed by atoms with van der Waals surface area (Å²) in [4.78, 5) is 1.09. The monoisotopic (exact) mass is 320 g/mol. The third-order valence-corrected chi connectivity index (χ3v) is 4.89. The standard InChI is InChI=1S/C19H16N2OS/c22-12-15-10-18(23-13-15)19-16-8-4-5-9-17(16)21(20-19)11-14-6-2-1-3-7-14/h1-10,13,22H,11-12H2. The first kappa shape index (κ1) is 14.2. The summed E-state index contributed by atoms with van der Waals surface area (Å²) in [7, 11) is 0. The van der Waals surface area contributed by atoms with Crippen LogP contribution in [0.5, 0.6) is 0 Å². The van der Waals surface area contributed by atoms with Crippen molar-refractivity contribution in [2.75, 3.05) is 0 Å². The van der Waals surface area contributed by atoms with Crippen LogP contribution in [0, 0.1) is 0 Å². The van der Waals surface area contributed by atoms with Gasteiger partial charge in [0.1, 0.15) is 5.69 Å². The van der Waals surface area contributed by atoms with Crippen LogP contribution < -0.4 is 0 Å². The molecule has 0 saturated carbocycles. The summed E-state index contributed by atoms with van der Waals surface area (Å²) in [6, 6.07) is 20.7. The van der Waals surface area contributed by atoms with Crippen LogP contribution in [0.3, 0.4) is 0 Å². The van der Waals surface area contributed by atoms with Gasteiger partial charge in [0, 0.05) is 5.39 Å². The average Bonchev–Trinajstić information content (AvgIpc) is 3.21. The number of aromatic nitrogens is 2. The van der Waals surface area contributed by atoms with Crippen molar-refractivity contribution in [2.24, 2.45) is 0 Å². The van der Waals surface area contributed by atoms with Gasteiger partial charge in [0.05, 0.1) is 23.5 Å². The first-order chi connectivity index (χ1) is 11.3. The second-order valence-corrected chi connectivity index (χ2v) is 6.40. The molecule has 0 saturated heterocycles. The van der Waals surface area contributed by atoms with Crippen LogP contribution >= 0.6 is 11.3 Å². The molecule has 0 unspecified atom stereocenters. The third-order valence-electron chi connectivity index (χ3n) is 3.90. The fourth-order valence-electron chi connectivity index (χ4n) is 2.77. The van der Waals surface area contributed by atoms with Crippen LogP contribution in [0.4, 0.5) is 0 Å².